The molecule has 144 valence electrons. The molecule has 1 aliphatic heterocycles. The van der Waals surface area contributed by atoms with Crippen LogP contribution < -0.4 is 14.8 Å². The molecule has 5 nitrogen and oxygen atoms in total. The summed E-state index contributed by atoms with van der Waals surface area (Å²) in [4.78, 5) is 15.2. The molecule has 1 aliphatic rings. The van der Waals surface area contributed by atoms with Crippen molar-refractivity contribution in [3.05, 3.63) is 35.9 Å². The number of amides is 1. The highest BCUT2D eigenvalue weighted by Gasteiger charge is 2.25. The highest BCUT2D eigenvalue weighted by atomic mass is 16.5. The van der Waals surface area contributed by atoms with Gasteiger partial charge in [-0.2, -0.15) is 0 Å². The molecular formula is C21H32N2O3. The van der Waals surface area contributed by atoms with Crippen molar-refractivity contribution in [1.29, 1.82) is 0 Å². The van der Waals surface area contributed by atoms with Crippen LogP contribution in [0.2, 0.25) is 0 Å². The fraction of sp³-hybridized carbons (Fsp3) is 0.571. The number of hydrogen-bond acceptors (Lipinski definition) is 4. The van der Waals surface area contributed by atoms with Crippen LogP contribution in [-0.2, 0) is 6.42 Å². The van der Waals surface area contributed by atoms with Crippen LogP contribution in [-0.4, -0.2) is 50.7 Å². The Morgan fingerprint density at radius 2 is 2.19 bits per heavy atom. The number of nitrogens with zero attached hydrogens (tertiary/aromatic N) is 1. The number of hydrogen-bond donors (Lipinski definition) is 1. The first-order chi connectivity index (χ1) is 12.6. The van der Waals surface area contributed by atoms with Gasteiger partial charge >= 0.3 is 0 Å². The maximum absolute atomic E-state index is 12.9. The number of aryl methyl sites for hydroxylation is 1. The van der Waals surface area contributed by atoms with Gasteiger partial charge in [0, 0.05) is 19.1 Å². The number of ether oxygens (including phenoxy) is 2. The summed E-state index contributed by atoms with van der Waals surface area (Å²) < 4.78 is 10.9. The third-order valence-corrected chi connectivity index (χ3v) is 4.96. The van der Waals surface area contributed by atoms with Gasteiger partial charge in [0.05, 0.1) is 19.8 Å². The molecule has 1 aromatic carbocycles. The lowest BCUT2D eigenvalue weighted by molar-refractivity contribution is 0.0938. The van der Waals surface area contributed by atoms with Crippen molar-refractivity contribution in [1.82, 2.24) is 10.2 Å². The van der Waals surface area contributed by atoms with Crippen LogP contribution in [0.4, 0.5) is 0 Å². The number of carbonyl (C=O) groups excluding carboxylic acids is 1. The molecule has 1 amide bonds. The lowest BCUT2D eigenvalue weighted by Crippen LogP contribution is -2.40. The fourth-order valence-electron chi connectivity index (χ4n) is 3.55. The Hall–Kier alpha value is -2.01. The standard InChI is InChI=1S/C21H32N2O3/c1-5-7-9-16-13-18(20(26-4)19(14-16)25-3)21(24)22-15-17-10-8-12-23(17)11-6-2/h6,13-14,17H,2,5,7-12,15H2,1,3-4H3,(H,22,24). The van der Waals surface area contributed by atoms with Crippen LogP contribution in [0, 0.1) is 0 Å². The molecule has 2 rings (SSSR count). The van der Waals surface area contributed by atoms with Gasteiger partial charge in [0.15, 0.2) is 11.5 Å². The monoisotopic (exact) mass is 360 g/mol. The topological polar surface area (TPSA) is 50.8 Å². The number of rotatable bonds is 10. The SMILES string of the molecule is C=CCN1CCCC1CNC(=O)c1cc(CCCC)cc(OC)c1OC. The minimum Gasteiger partial charge on any atom is -0.493 e. The summed E-state index contributed by atoms with van der Waals surface area (Å²) in [6.07, 6.45) is 7.30. The van der Waals surface area contributed by atoms with E-state index in [2.05, 4.69) is 23.7 Å². The maximum Gasteiger partial charge on any atom is 0.255 e. The van der Waals surface area contributed by atoms with Crippen molar-refractivity contribution in [3.8, 4) is 11.5 Å². The Morgan fingerprint density at radius 3 is 2.85 bits per heavy atom. The largest absolute Gasteiger partial charge is 0.493 e. The maximum atomic E-state index is 12.9. The van der Waals surface area contributed by atoms with E-state index in [1.54, 1.807) is 14.2 Å². The zero-order chi connectivity index (χ0) is 18.9. The Bertz CT molecular complexity index is 616. The van der Waals surface area contributed by atoms with Gasteiger partial charge in [-0.05, 0) is 49.9 Å². The molecule has 26 heavy (non-hydrogen) atoms. The normalized spacial score (nSPS) is 17.1. The van der Waals surface area contributed by atoms with Gasteiger partial charge in [0.1, 0.15) is 0 Å². The van der Waals surface area contributed by atoms with Crippen LogP contribution >= 0.6 is 0 Å². The van der Waals surface area contributed by atoms with E-state index in [1.165, 1.54) is 0 Å². The highest BCUT2D eigenvalue weighted by molar-refractivity contribution is 5.98. The van der Waals surface area contributed by atoms with Gasteiger partial charge in [-0.1, -0.05) is 19.4 Å². The number of nitrogens with one attached hydrogen (secondary N) is 1. The van der Waals surface area contributed by atoms with Crippen molar-refractivity contribution in [2.75, 3.05) is 33.9 Å². The zero-order valence-electron chi connectivity index (χ0n) is 16.3. The summed E-state index contributed by atoms with van der Waals surface area (Å²) in [5.41, 5.74) is 1.65. The molecule has 1 atom stereocenters. The van der Waals surface area contributed by atoms with Gasteiger partial charge in [0.25, 0.3) is 5.91 Å². The second-order valence-electron chi connectivity index (χ2n) is 6.77. The average molecular weight is 360 g/mol. The molecular weight excluding hydrogens is 328 g/mol. The van der Waals surface area contributed by atoms with Crippen LogP contribution in [0.15, 0.2) is 24.8 Å². The van der Waals surface area contributed by atoms with Gasteiger partial charge < -0.3 is 14.8 Å². The molecule has 1 N–H and O–H groups in total. The quantitative estimate of drug-likeness (QED) is 0.650. The predicted octanol–water partition coefficient (Wildman–Crippen LogP) is 3.43. The number of methoxy groups -OCH3 is 2. The molecule has 5 heteroatoms. The van der Waals surface area contributed by atoms with E-state index in [0.717, 1.165) is 50.8 Å². The first-order valence-electron chi connectivity index (χ1n) is 9.52. The van der Waals surface area contributed by atoms with E-state index in [-0.39, 0.29) is 5.91 Å². The van der Waals surface area contributed by atoms with Gasteiger partial charge in [-0.25, -0.2) is 0 Å². The lowest BCUT2D eigenvalue weighted by atomic mass is 10.0. The summed E-state index contributed by atoms with van der Waals surface area (Å²) in [5, 5.41) is 3.09. The molecule has 0 spiro atoms. The van der Waals surface area contributed by atoms with Crippen LogP contribution in [0.25, 0.3) is 0 Å². The molecule has 1 unspecified atom stereocenters. The second-order valence-corrected chi connectivity index (χ2v) is 6.77. The minimum atomic E-state index is -0.107. The van der Waals surface area contributed by atoms with E-state index in [9.17, 15) is 4.79 Å². The van der Waals surface area contributed by atoms with Gasteiger partial charge in [0.2, 0.25) is 0 Å². The number of benzene rings is 1. The zero-order valence-corrected chi connectivity index (χ0v) is 16.3. The minimum absolute atomic E-state index is 0.107. The lowest BCUT2D eigenvalue weighted by Gasteiger charge is -2.23. The molecule has 1 saturated heterocycles. The van der Waals surface area contributed by atoms with Crippen LogP contribution in [0.3, 0.4) is 0 Å². The first-order valence-corrected chi connectivity index (χ1v) is 9.52. The van der Waals surface area contributed by atoms with Crippen molar-refractivity contribution in [2.24, 2.45) is 0 Å². The van der Waals surface area contributed by atoms with E-state index in [0.29, 0.717) is 29.6 Å². The summed E-state index contributed by atoms with van der Waals surface area (Å²) in [6, 6.07) is 4.27. The van der Waals surface area contributed by atoms with Gasteiger partial charge in [-0.15, -0.1) is 6.58 Å². The summed E-state index contributed by atoms with van der Waals surface area (Å²) in [5.74, 6) is 1.00. The summed E-state index contributed by atoms with van der Waals surface area (Å²) >= 11 is 0. The van der Waals surface area contributed by atoms with Crippen molar-refractivity contribution < 1.29 is 14.3 Å². The van der Waals surface area contributed by atoms with Crippen molar-refractivity contribution in [2.45, 2.75) is 45.1 Å². The number of unbranched alkanes of at least 4 members (excludes halogenated alkanes) is 1. The van der Waals surface area contributed by atoms with E-state index >= 15 is 0 Å². The molecule has 0 bridgehead atoms. The van der Waals surface area contributed by atoms with Gasteiger partial charge in [-0.3, -0.25) is 9.69 Å². The molecule has 1 fully saturated rings. The molecule has 1 heterocycles. The third kappa shape index (κ3) is 5.01. The molecule has 0 aliphatic carbocycles. The van der Waals surface area contributed by atoms with E-state index < -0.39 is 0 Å². The average Bonchev–Trinajstić information content (AvgIpc) is 3.10. The Balaban J connectivity index is 2.14. The number of likely N-dealkylation sites (tertiary alicyclic amines) is 1. The molecule has 1 aromatic rings. The third-order valence-electron chi connectivity index (χ3n) is 4.96. The summed E-state index contributed by atoms with van der Waals surface area (Å²) in [6.45, 7) is 8.54. The Kier molecular flexibility index (Phi) is 7.98. The first kappa shape index (κ1) is 20.3. The molecule has 0 aromatic heterocycles. The smallest absolute Gasteiger partial charge is 0.255 e. The van der Waals surface area contributed by atoms with Crippen LogP contribution in [0.5, 0.6) is 11.5 Å². The van der Waals surface area contributed by atoms with Crippen molar-refractivity contribution >= 4 is 5.91 Å². The van der Waals surface area contributed by atoms with E-state index in [1.807, 2.05) is 18.2 Å². The molecule has 0 radical (unpaired) electrons. The second kappa shape index (κ2) is 10.2. The van der Waals surface area contributed by atoms with Crippen LogP contribution in [0.1, 0.15) is 48.5 Å². The van der Waals surface area contributed by atoms with Crippen molar-refractivity contribution in [3.63, 3.8) is 0 Å². The highest BCUT2D eigenvalue weighted by Crippen LogP contribution is 2.33. The fourth-order valence-corrected chi connectivity index (χ4v) is 3.55. The number of carbonyl (C=O) groups is 1. The Morgan fingerprint density at radius 1 is 1.38 bits per heavy atom. The summed E-state index contributed by atoms with van der Waals surface area (Å²) in [7, 11) is 3.18. The van der Waals surface area contributed by atoms with E-state index in [4.69, 9.17) is 9.47 Å². The molecule has 0 saturated carbocycles. The Labute approximate surface area is 157 Å². The predicted molar refractivity (Wildman–Crippen MR) is 105 cm³/mol.